The van der Waals surface area contributed by atoms with Gasteiger partial charge in [0.2, 0.25) is 11.8 Å². The molecule has 0 aliphatic carbocycles. The van der Waals surface area contributed by atoms with Gasteiger partial charge in [0.15, 0.2) is 0 Å². The van der Waals surface area contributed by atoms with Gasteiger partial charge in [0.05, 0.1) is 12.1 Å². The van der Waals surface area contributed by atoms with Crippen molar-refractivity contribution in [1.82, 2.24) is 15.0 Å². The molecule has 1 aliphatic rings. The first-order valence-corrected chi connectivity index (χ1v) is 11.7. The molecular weight excluding hydrogens is 422 g/mol. The molecule has 7 heteroatoms. The lowest BCUT2D eigenvalue weighted by Crippen LogP contribution is -2.51. The lowest BCUT2D eigenvalue weighted by atomic mass is 10.1. The number of carbonyl (C=O) groups excluding carboxylic acids is 2. The van der Waals surface area contributed by atoms with Crippen LogP contribution in [0, 0.1) is 13.8 Å². The lowest BCUT2D eigenvalue weighted by Gasteiger charge is -2.36. The predicted octanol–water partition coefficient (Wildman–Crippen LogP) is 4.04. The Bertz CT molecular complexity index is 1040. The topological polar surface area (TPSA) is 66.7 Å². The van der Waals surface area contributed by atoms with Crippen molar-refractivity contribution in [2.45, 2.75) is 30.4 Å². The van der Waals surface area contributed by atoms with Gasteiger partial charge in [-0.25, -0.2) is 0 Å². The van der Waals surface area contributed by atoms with Gasteiger partial charge in [-0.2, -0.15) is 0 Å². The Hall–Kier alpha value is -3.06. The molecule has 1 fully saturated rings. The van der Waals surface area contributed by atoms with E-state index < -0.39 is 0 Å². The van der Waals surface area contributed by atoms with E-state index in [0.29, 0.717) is 31.9 Å². The summed E-state index contributed by atoms with van der Waals surface area (Å²) in [5, 5.41) is 3.61. The summed E-state index contributed by atoms with van der Waals surface area (Å²) in [5.74, 6) is 0.820. The van der Waals surface area contributed by atoms with E-state index in [-0.39, 0.29) is 23.5 Å². The van der Waals surface area contributed by atoms with Gasteiger partial charge in [-0.1, -0.05) is 53.7 Å². The highest BCUT2D eigenvalue weighted by Crippen LogP contribution is 2.36. The number of benzene rings is 2. The highest BCUT2D eigenvalue weighted by atomic mass is 32.2. The molecule has 0 saturated carbocycles. The van der Waals surface area contributed by atoms with E-state index >= 15 is 0 Å². The number of hydrogen-bond acceptors (Lipinski definition) is 5. The largest absolute Gasteiger partial charge is 0.361 e. The van der Waals surface area contributed by atoms with Gasteiger partial charge in [-0.15, -0.1) is 11.8 Å². The van der Waals surface area contributed by atoms with E-state index in [2.05, 4.69) is 5.16 Å². The van der Waals surface area contributed by atoms with E-state index in [9.17, 15) is 9.59 Å². The Morgan fingerprint density at radius 2 is 1.53 bits per heavy atom. The van der Waals surface area contributed by atoms with Crippen molar-refractivity contribution in [1.29, 1.82) is 0 Å². The Labute approximate surface area is 192 Å². The van der Waals surface area contributed by atoms with Crippen LogP contribution in [0.2, 0.25) is 0 Å². The van der Waals surface area contributed by atoms with Crippen molar-refractivity contribution in [3.8, 4) is 0 Å². The minimum absolute atomic E-state index is 0.0461. The number of thioether (sulfide) groups is 1. The fourth-order valence-electron chi connectivity index (χ4n) is 3.88. The Kier molecular flexibility index (Phi) is 6.95. The van der Waals surface area contributed by atoms with Crippen LogP contribution in [0.1, 0.15) is 27.8 Å². The predicted molar refractivity (Wildman–Crippen MR) is 124 cm³/mol. The molecule has 2 amide bonds. The summed E-state index contributed by atoms with van der Waals surface area (Å²) >= 11 is 1.57. The zero-order valence-electron chi connectivity index (χ0n) is 18.4. The number of piperazine rings is 1. The van der Waals surface area contributed by atoms with Crippen LogP contribution in [0.5, 0.6) is 0 Å². The molecule has 166 valence electrons. The standard InChI is InChI=1S/C25H27N3O3S/c1-18-22(19(2)31-26-18)17-23(29)27-13-15-28(16-14-27)25(30)24(20-9-5-3-6-10-20)32-21-11-7-4-8-12-21/h3-12,24H,13-17H2,1-2H3. The second-order valence-electron chi connectivity index (χ2n) is 7.91. The molecule has 6 nitrogen and oxygen atoms in total. The summed E-state index contributed by atoms with van der Waals surface area (Å²) in [7, 11) is 0. The Balaban J connectivity index is 1.41. The van der Waals surface area contributed by atoms with E-state index in [0.717, 1.165) is 21.7 Å². The van der Waals surface area contributed by atoms with Crippen molar-refractivity contribution < 1.29 is 14.1 Å². The first kappa shape index (κ1) is 22.1. The molecule has 1 atom stereocenters. The maximum Gasteiger partial charge on any atom is 0.240 e. The molecule has 4 rings (SSSR count). The molecule has 1 aromatic heterocycles. The third kappa shape index (κ3) is 5.05. The second-order valence-corrected chi connectivity index (χ2v) is 9.09. The normalized spacial score (nSPS) is 14.9. The summed E-state index contributed by atoms with van der Waals surface area (Å²) in [4.78, 5) is 31.1. The number of aryl methyl sites for hydroxylation is 2. The molecule has 0 N–H and O–H groups in total. The summed E-state index contributed by atoms with van der Waals surface area (Å²) in [5.41, 5.74) is 2.61. The molecule has 32 heavy (non-hydrogen) atoms. The number of amides is 2. The maximum atomic E-state index is 13.5. The molecule has 0 bridgehead atoms. The number of carbonyl (C=O) groups is 2. The fraction of sp³-hybridized carbons (Fsp3) is 0.320. The van der Waals surface area contributed by atoms with E-state index in [1.165, 1.54) is 0 Å². The van der Waals surface area contributed by atoms with Gasteiger partial charge in [0.1, 0.15) is 11.0 Å². The van der Waals surface area contributed by atoms with Crippen molar-refractivity contribution >= 4 is 23.6 Å². The van der Waals surface area contributed by atoms with E-state index in [4.69, 9.17) is 4.52 Å². The Morgan fingerprint density at radius 3 is 2.12 bits per heavy atom. The molecule has 3 aromatic rings. The van der Waals surface area contributed by atoms with Gasteiger partial charge >= 0.3 is 0 Å². The van der Waals surface area contributed by atoms with Crippen LogP contribution in [0.4, 0.5) is 0 Å². The van der Waals surface area contributed by atoms with Crippen molar-refractivity contribution in [3.63, 3.8) is 0 Å². The van der Waals surface area contributed by atoms with Gasteiger partial charge in [-0.05, 0) is 31.5 Å². The molecule has 1 unspecified atom stereocenters. The van der Waals surface area contributed by atoms with Crippen LogP contribution in [-0.2, 0) is 16.0 Å². The van der Waals surface area contributed by atoms with Crippen LogP contribution < -0.4 is 0 Å². The van der Waals surface area contributed by atoms with Gasteiger partial charge in [-0.3, -0.25) is 9.59 Å². The van der Waals surface area contributed by atoms with E-state index in [1.54, 1.807) is 11.8 Å². The molecule has 1 aliphatic heterocycles. The zero-order valence-corrected chi connectivity index (χ0v) is 19.2. The van der Waals surface area contributed by atoms with Gasteiger partial charge < -0.3 is 14.3 Å². The lowest BCUT2D eigenvalue weighted by molar-refractivity contribution is -0.138. The van der Waals surface area contributed by atoms with E-state index in [1.807, 2.05) is 84.3 Å². The number of hydrogen-bond donors (Lipinski definition) is 0. The zero-order chi connectivity index (χ0) is 22.5. The molecule has 2 aromatic carbocycles. The summed E-state index contributed by atoms with van der Waals surface area (Å²) < 4.78 is 5.17. The SMILES string of the molecule is Cc1noc(C)c1CC(=O)N1CCN(C(=O)C(Sc2ccccc2)c2ccccc2)CC1. The highest BCUT2D eigenvalue weighted by molar-refractivity contribution is 8.00. The quantitative estimate of drug-likeness (QED) is 0.532. The van der Waals surface area contributed by atoms with Crippen LogP contribution >= 0.6 is 11.8 Å². The third-order valence-corrected chi connectivity index (χ3v) is 7.03. The molecular formula is C25H27N3O3S. The average molecular weight is 450 g/mol. The molecule has 0 spiro atoms. The molecule has 1 saturated heterocycles. The Morgan fingerprint density at radius 1 is 0.938 bits per heavy atom. The summed E-state index contributed by atoms with van der Waals surface area (Å²) in [6, 6.07) is 19.9. The highest BCUT2D eigenvalue weighted by Gasteiger charge is 2.31. The van der Waals surface area contributed by atoms with Crippen molar-refractivity contribution in [2.24, 2.45) is 0 Å². The smallest absolute Gasteiger partial charge is 0.240 e. The van der Waals surface area contributed by atoms with Crippen LogP contribution in [0.3, 0.4) is 0 Å². The minimum Gasteiger partial charge on any atom is -0.361 e. The second kappa shape index (κ2) is 10.0. The third-order valence-electron chi connectivity index (χ3n) is 5.78. The van der Waals surface area contributed by atoms with Crippen molar-refractivity contribution in [2.75, 3.05) is 26.2 Å². The first-order valence-electron chi connectivity index (χ1n) is 10.8. The average Bonchev–Trinajstić information content (AvgIpc) is 3.15. The number of nitrogens with zero attached hydrogens (tertiary/aromatic N) is 3. The minimum atomic E-state index is -0.317. The van der Waals surface area contributed by atoms with Crippen LogP contribution in [0.15, 0.2) is 70.1 Å². The molecule has 2 heterocycles. The van der Waals surface area contributed by atoms with Crippen LogP contribution in [-0.4, -0.2) is 52.9 Å². The fourth-order valence-corrected chi connectivity index (χ4v) is 5.01. The molecule has 0 radical (unpaired) electrons. The maximum absolute atomic E-state index is 13.5. The van der Waals surface area contributed by atoms with Gasteiger partial charge in [0, 0.05) is 36.6 Å². The summed E-state index contributed by atoms with van der Waals surface area (Å²) in [6.07, 6.45) is 0.283. The van der Waals surface area contributed by atoms with Gasteiger partial charge in [0.25, 0.3) is 0 Å². The van der Waals surface area contributed by atoms with Crippen molar-refractivity contribution in [3.05, 3.63) is 83.2 Å². The number of aromatic nitrogens is 1. The first-order chi connectivity index (χ1) is 15.5. The van der Waals surface area contributed by atoms with Crippen LogP contribution in [0.25, 0.3) is 0 Å². The monoisotopic (exact) mass is 449 g/mol. The number of rotatable bonds is 6. The summed E-state index contributed by atoms with van der Waals surface area (Å²) in [6.45, 7) is 5.81.